The van der Waals surface area contributed by atoms with Crippen LogP contribution in [0.4, 0.5) is 5.69 Å². The number of aliphatic imine (C=N–C) groups is 1. The van der Waals surface area contributed by atoms with Crippen LogP contribution in [0.1, 0.15) is 35.7 Å². The van der Waals surface area contributed by atoms with Crippen LogP contribution in [0.5, 0.6) is 5.75 Å². The van der Waals surface area contributed by atoms with Crippen molar-refractivity contribution in [2.24, 2.45) is 4.99 Å². The Morgan fingerprint density at radius 2 is 2.07 bits per heavy atom. The van der Waals surface area contributed by atoms with Gasteiger partial charge in [-0.05, 0) is 68.7 Å². The second kappa shape index (κ2) is 10.3. The molecule has 1 aliphatic rings. The van der Waals surface area contributed by atoms with Crippen molar-refractivity contribution in [1.29, 1.82) is 0 Å². The smallest absolute Gasteiger partial charge is 0.257 e. The second-order valence-electron chi connectivity index (χ2n) is 6.77. The number of amides is 1. The molecule has 7 heteroatoms. The van der Waals surface area contributed by atoms with Crippen LogP contribution in [0.2, 0.25) is 5.02 Å². The summed E-state index contributed by atoms with van der Waals surface area (Å²) in [6.07, 6.45) is 2.09. The molecule has 2 aromatic carbocycles. The van der Waals surface area contributed by atoms with Gasteiger partial charge in [0.25, 0.3) is 5.91 Å². The highest BCUT2D eigenvalue weighted by atomic mass is 35.5. The molecule has 0 aliphatic carbocycles. The van der Waals surface area contributed by atoms with Crippen LogP contribution < -0.4 is 15.4 Å². The van der Waals surface area contributed by atoms with Gasteiger partial charge in [-0.25, -0.2) is 4.99 Å². The SMILES string of the molecule is CCOc1ccc(C(=O)NC(=NC[C@@H]2CCCO2)Nc2cccc(Cl)c2C)cc1. The fourth-order valence-corrected chi connectivity index (χ4v) is 3.19. The molecule has 0 saturated carbocycles. The molecule has 2 aromatic rings. The number of rotatable bonds is 6. The number of nitrogens with one attached hydrogen (secondary N) is 2. The maximum atomic E-state index is 12.7. The number of hydrogen-bond acceptors (Lipinski definition) is 4. The maximum Gasteiger partial charge on any atom is 0.257 e. The van der Waals surface area contributed by atoms with Crippen molar-refractivity contribution in [3.63, 3.8) is 0 Å². The predicted octanol–water partition coefficient (Wildman–Crippen LogP) is 4.42. The molecule has 6 nitrogen and oxygen atoms in total. The molecular formula is C22H26ClN3O3. The van der Waals surface area contributed by atoms with Crippen molar-refractivity contribution in [2.75, 3.05) is 25.1 Å². The minimum atomic E-state index is -0.258. The third-order valence-corrected chi connectivity index (χ3v) is 5.07. The first-order chi connectivity index (χ1) is 14.1. The molecule has 0 aromatic heterocycles. The highest BCUT2D eigenvalue weighted by molar-refractivity contribution is 6.31. The van der Waals surface area contributed by atoms with Crippen molar-refractivity contribution >= 4 is 29.2 Å². The monoisotopic (exact) mass is 415 g/mol. The van der Waals surface area contributed by atoms with Crippen LogP contribution in [0.15, 0.2) is 47.5 Å². The standard InChI is InChI=1S/C22H26ClN3O3/c1-3-28-17-11-9-16(10-12-17)21(27)26-22(24-14-18-6-5-13-29-18)25-20-8-4-7-19(23)15(20)2/h4,7-12,18H,3,5-6,13-14H2,1-2H3,(H2,24,25,26,27)/t18-/m0/s1. The number of carbonyl (C=O) groups excluding carboxylic acids is 1. The Hall–Kier alpha value is -2.57. The number of carbonyl (C=O) groups is 1. The lowest BCUT2D eigenvalue weighted by atomic mass is 10.2. The quantitative estimate of drug-likeness (QED) is 0.541. The summed E-state index contributed by atoms with van der Waals surface area (Å²) in [7, 11) is 0. The van der Waals surface area contributed by atoms with Crippen molar-refractivity contribution < 1.29 is 14.3 Å². The summed E-state index contributed by atoms with van der Waals surface area (Å²) in [5.41, 5.74) is 2.19. The summed E-state index contributed by atoms with van der Waals surface area (Å²) in [4.78, 5) is 17.3. The summed E-state index contributed by atoms with van der Waals surface area (Å²) in [5.74, 6) is 0.833. The Kier molecular flexibility index (Phi) is 7.49. The number of anilines is 1. The topological polar surface area (TPSA) is 72.0 Å². The van der Waals surface area contributed by atoms with Crippen LogP contribution in [0, 0.1) is 6.92 Å². The lowest BCUT2D eigenvalue weighted by molar-refractivity contribution is 0.0975. The van der Waals surface area contributed by atoms with Crippen molar-refractivity contribution in [3.05, 3.63) is 58.6 Å². The van der Waals surface area contributed by atoms with Gasteiger partial charge in [0.05, 0.1) is 19.3 Å². The van der Waals surface area contributed by atoms with E-state index in [1.54, 1.807) is 24.3 Å². The molecule has 1 heterocycles. The zero-order valence-corrected chi connectivity index (χ0v) is 17.5. The Labute approximate surface area is 176 Å². The number of ether oxygens (including phenoxy) is 2. The summed E-state index contributed by atoms with van der Waals surface area (Å²) < 4.78 is 11.1. The zero-order chi connectivity index (χ0) is 20.6. The molecule has 0 radical (unpaired) electrons. The van der Waals surface area contributed by atoms with Gasteiger partial charge < -0.3 is 14.8 Å². The molecule has 0 bridgehead atoms. The van der Waals surface area contributed by atoms with Crippen LogP contribution in [0.3, 0.4) is 0 Å². The summed E-state index contributed by atoms with van der Waals surface area (Å²) in [5, 5.41) is 6.71. The minimum Gasteiger partial charge on any atom is -0.494 e. The van der Waals surface area contributed by atoms with E-state index in [1.807, 2.05) is 32.0 Å². The summed E-state index contributed by atoms with van der Waals surface area (Å²) >= 11 is 6.22. The first kappa shape index (κ1) is 21.1. The van der Waals surface area contributed by atoms with E-state index in [4.69, 9.17) is 21.1 Å². The highest BCUT2D eigenvalue weighted by Gasteiger charge is 2.16. The van der Waals surface area contributed by atoms with E-state index in [1.165, 1.54) is 0 Å². The summed E-state index contributed by atoms with van der Waals surface area (Å²) in [6.45, 7) is 5.65. The third kappa shape index (κ3) is 5.95. The summed E-state index contributed by atoms with van der Waals surface area (Å²) in [6, 6.07) is 12.6. The number of guanidine groups is 1. The average molecular weight is 416 g/mol. The van der Waals surface area contributed by atoms with Gasteiger partial charge in [0.1, 0.15) is 5.75 Å². The highest BCUT2D eigenvalue weighted by Crippen LogP contribution is 2.23. The van der Waals surface area contributed by atoms with E-state index in [0.717, 1.165) is 36.4 Å². The maximum absolute atomic E-state index is 12.7. The zero-order valence-electron chi connectivity index (χ0n) is 16.7. The number of halogens is 1. The van der Waals surface area contributed by atoms with E-state index in [-0.39, 0.29) is 12.0 Å². The minimum absolute atomic E-state index is 0.0784. The van der Waals surface area contributed by atoms with E-state index in [2.05, 4.69) is 15.6 Å². The van der Waals surface area contributed by atoms with E-state index in [9.17, 15) is 4.79 Å². The largest absolute Gasteiger partial charge is 0.494 e. The van der Waals surface area contributed by atoms with Crippen LogP contribution in [0.25, 0.3) is 0 Å². The Morgan fingerprint density at radius 3 is 2.76 bits per heavy atom. The van der Waals surface area contributed by atoms with E-state index >= 15 is 0 Å². The normalized spacial score (nSPS) is 16.5. The van der Waals surface area contributed by atoms with Gasteiger partial charge in [-0.3, -0.25) is 10.1 Å². The van der Waals surface area contributed by atoms with E-state index in [0.29, 0.717) is 29.7 Å². The molecule has 1 atom stereocenters. The molecule has 3 rings (SSSR count). The van der Waals surface area contributed by atoms with Crippen LogP contribution in [-0.2, 0) is 4.74 Å². The molecule has 1 saturated heterocycles. The third-order valence-electron chi connectivity index (χ3n) is 4.66. The second-order valence-corrected chi connectivity index (χ2v) is 7.18. The molecule has 1 amide bonds. The molecular weight excluding hydrogens is 390 g/mol. The van der Waals surface area contributed by atoms with Gasteiger partial charge in [0.2, 0.25) is 5.96 Å². The molecule has 1 aliphatic heterocycles. The van der Waals surface area contributed by atoms with Gasteiger partial charge >= 0.3 is 0 Å². The van der Waals surface area contributed by atoms with Crippen LogP contribution >= 0.6 is 11.6 Å². The van der Waals surface area contributed by atoms with Crippen molar-refractivity contribution in [3.8, 4) is 5.75 Å². The molecule has 29 heavy (non-hydrogen) atoms. The lowest BCUT2D eigenvalue weighted by Gasteiger charge is -2.15. The first-order valence-corrected chi connectivity index (χ1v) is 10.2. The van der Waals surface area contributed by atoms with Crippen molar-refractivity contribution in [2.45, 2.75) is 32.8 Å². The number of nitrogens with zero attached hydrogens (tertiary/aromatic N) is 1. The Morgan fingerprint density at radius 1 is 1.28 bits per heavy atom. The predicted molar refractivity (Wildman–Crippen MR) is 116 cm³/mol. The Bertz CT molecular complexity index is 862. The number of hydrogen-bond donors (Lipinski definition) is 2. The average Bonchev–Trinajstić information content (AvgIpc) is 3.24. The van der Waals surface area contributed by atoms with Gasteiger partial charge in [0, 0.05) is 22.9 Å². The molecule has 2 N–H and O–H groups in total. The van der Waals surface area contributed by atoms with Gasteiger partial charge in [-0.15, -0.1) is 0 Å². The fourth-order valence-electron chi connectivity index (χ4n) is 3.01. The van der Waals surface area contributed by atoms with Gasteiger partial charge in [-0.2, -0.15) is 0 Å². The van der Waals surface area contributed by atoms with Gasteiger partial charge in [0.15, 0.2) is 0 Å². The molecule has 154 valence electrons. The van der Waals surface area contributed by atoms with Gasteiger partial charge in [-0.1, -0.05) is 17.7 Å². The molecule has 0 spiro atoms. The van der Waals surface area contributed by atoms with Crippen LogP contribution in [-0.4, -0.2) is 37.7 Å². The Balaban J connectivity index is 1.75. The molecule has 1 fully saturated rings. The van der Waals surface area contributed by atoms with E-state index < -0.39 is 0 Å². The fraction of sp³-hybridized carbons (Fsp3) is 0.364. The first-order valence-electron chi connectivity index (χ1n) is 9.79. The molecule has 0 unspecified atom stereocenters. The lowest BCUT2D eigenvalue weighted by Crippen LogP contribution is -2.37. The van der Waals surface area contributed by atoms with Crippen molar-refractivity contribution in [1.82, 2.24) is 5.32 Å². The number of benzene rings is 2.